The van der Waals surface area contributed by atoms with Crippen LogP contribution in [0.4, 0.5) is 5.69 Å². The van der Waals surface area contributed by atoms with Crippen molar-refractivity contribution in [1.82, 2.24) is 25.4 Å². The van der Waals surface area contributed by atoms with E-state index in [2.05, 4.69) is 30.7 Å². The zero-order chi connectivity index (χ0) is 13.1. The zero-order valence-electron chi connectivity index (χ0n) is 10.5. The van der Waals surface area contributed by atoms with Gasteiger partial charge in [0.05, 0.1) is 12.2 Å². The Kier molecular flexibility index (Phi) is 2.97. The van der Waals surface area contributed by atoms with Gasteiger partial charge in [0.15, 0.2) is 5.82 Å². The van der Waals surface area contributed by atoms with Crippen LogP contribution >= 0.6 is 0 Å². The summed E-state index contributed by atoms with van der Waals surface area (Å²) >= 11 is 0. The minimum Gasteiger partial charge on any atom is -0.379 e. The predicted molar refractivity (Wildman–Crippen MR) is 72.5 cm³/mol. The van der Waals surface area contributed by atoms with Gasteiger partial charge in [0.25, 0.3) is 0 Å². The summed E-state index contributed by atoms with van der Waals surface area (Å²) in [6.45, 7) is 2.59. The molecule has 19 heavy (non-hydrogen) atoms. The first-order valence-electron chi connectivity index (χ1n) is 6.03. The highest BCUT2D eigenvalue weighted by Gasteiger charge is 2.04. The maximum Gasteiger partial charge on any atom is 0.181 e. The first-order valence-corrected chi connectivity index (χ1v) is 6.03. The van der Waals surface area contributed by atoms with Crippen molar-refractivity contribution in [2.24, 2.45) is 0 Å². The fourth-order valence-electron chi connectivity index (χ4n) is 1.82. The fraction of sp³-hybridized carbons (Fsp3) is 0.154. The molecule has 0 unspecified atom stereocenters. The van der Waals surface area contributed by atoms with Crippen molar-refractivity contribution in [3.05, 3.63) is 48.0 Å². The van der Waals surface area contributed by atoms with Crippen LogP contribution in [0.2, 0.25) is 0 Å². The zero-order valence-corrected chi connectivity index (χ0v) is 10.5. The number of H-pyrrole nitrogens is 2. The van der Waals surface area contributed by atoms with Crippen LogP contribution in [0, 0.1) is 6.92 Å². The number of nitrogens with one attached hydrogen (secondary N) is 3. The maximum atomic E-state index is 4.32. The van der Waals surface area contributed by atoms with Crippen LogP contribution in [0.15, 0.2) is 36.5 Å². The third kappa shape index (κ3) is 2.62. The SMILES string of the molecule is Cc1nc(-c2cccc(NCc3ccn[nH]3)c2)n[nH]1. The van der Waals surface area contributed by atoms with Crippen molar-refractivity contribution in [2.45, 2.75) is 13.5 Å². The van der Waals surface area contributed by atoms with E-state index < -0.39 is 0 Å². The second-order valence-corrected chi connectivity index (χ2v) is 4.26. The van der Waals surface area contributed by atoms with Gasteiger partial charge in [0.2, 0.25) is 0 Å². The van der Waals surface area contributed by atoms with Gasteiger partial charge in [0, 0.05) is 17.4 Å². The molecule has 0 aliphatic carbocycles. The number of aryl methyl sites for hydroxylation is 1. The summed E-state index contributed by atoms with van der Waals surface area (Å²) < 4.78 is 0. The first-order chi connectivity index (χ1) is 9.31. The molecule has 0 aliphatic heterocycles. The molecule has 96 valence electrons. The normalized spacial score (nSPS) is 10.6. The second kappa shape index (κ2) is 4.93. The molecule has 0 saturated heterocycles. The van der Waals surface area contributed by atoms with Gasteiger partial charge < -0.3 is 5.32 Å². The molecule has 0 spiro atoms. The van der Waals surface area contributed by atoms with Crippen LogP contribution < -0.4 is 5.32 Å². The van der Waals surface area contributed by atoms with Gasteiger partial charge in [-0.2, -0.15) is 10.2 Å². The van der Waals surface area contributed by atoms with Gasteiger partial charge in [-0.15, -0.1) is 0 Å². The molecule has 6 heteroatoms. The van der Waals surface area contributed by atoms with Crippen molar-refractivity contribution in [3.8, 4) is 11.4 Å². The average Bonchev–Trinajstić information content (AvgIpc) is 3.08. The molecule has 3 aromatic rings. The quantitative estimate of drug-likeness (QED) is 0.666. The van der Waals surface area contributed by atoms with Crippen molar-refractivity contribution in [3.63, 3.8) is 0 Å². The van der Waals surface area contributed by atoms with E-state index in [1.54, 1.807) is 6.20 Å². The van der Waals surface area contributed by atoms with E-state index in [0.717, 1.165) is 22.8 Å². The molecule has 0 radical (unpaired) electrons. The van der Waals surface area contributed by atoms with Crippen molar-refractivity contribution < 1.29 is 0 Å². The monoisotopic (exact) mass is 254 g/mol. The number of aromatic nitrogens is 5. The Morgan fingerprint density at radius 1 is 1.21 bits per heavy atom. The highest BCUT2D eigenvalue weighted by atomic mass is 15.2. The lowest BCUT2D eigenvalue weighted by atomic mass is 10.2. The van der Waals surface area contributed by atoms with E-state index >= 15 is 0 Å². The van der Waals surface area contributed by atoms with Gasteiger partial charge in [-0.25, -0.2) is 4.98 Å². The van der Waals surface area contributed by atoms with Gasteiger partial charge in [-0.1, -0.05) is 12.1 Å². The minimum atomic E-state index is 0.705. The molecule has 1 aromatic carbocycles. The summed E-state index contributed by atoms with van der Waals surface area (Å²) in [5.41, 5.74) is 3.05. The molecule has 0 fully saturated rings. The standard InChI is InChI=1S/C13H14N6/c1-9-16-13(19-17-9)10-3-2-4-11(7-10)14-8-12-5-6-15-18-12/h2-7,14H,8H2,1H3,(H,15,18)(H,16,17,19). The molecule has 6 nitrogen and oxygen atoms in total. The Morgan fingerprint density at radius 2 is 2.16 bits per heavy atom. The Labute approximate surface area is 110 Å². The summed E-state index contributed by atoms with van der Waals surface area (Å²) in [6.07, 6.45) is 1.74. The van der Waals surface area contributed by atoms with Gasteiger partial charge in [0.1, 0.15) is 5.82 Å². The molecule has 3 rings (SSSR count). The first kappa shape index (κ1) is 11.5. The van der Waals surface area contributed by atoms with Crippen molar-refractivity contribution >= 4 is 5.69 Å². The van der Waals surface area contributed by atoms with E-state index in [0.29, 0.717) is 12.4 Å². The summed E-state index contributed by atoms with van der Waals surface area (Å²) in [5, 5.41) is 17.2. The lowest BCUT2D eigenvalue weighted by Gasteiger charge is -2.05. The van der Waals surface area contributed by atoms with Crippen molar-refractivity contribution in [1.29, 1.82) is 0 Å². The molecule has 0 aliphatic rings. The van der Waals surface area contributed by atoms with E-state index in [-0.39, 0.29) is 0 Å². The highest BCUT2D eigenvalue weighted by molar-refractivity contribution is 5.62. The third-order valence-corrected chi connectivity index (χ3v) is 2.76. The highest BCUT2D eigenvalue weighted by Crippen LogP contribution is 2.19. The minimum absolute atomic E-state index is 0.705. The van der Waals surface area contributed by atoms with Crippen LogP contribution in [0.1, 0.15) is 11.5 Å². The largest absolute Gasteiger partial charge is 0.379 e. The summed E-state index contributed by atoms with van der Waals surface area (Å²) in [6, 6.07) is 9.95. The second-order valence-electron chi connectivity index (χ2n) is 4.26. The summed E-state index contributed by atoms with van der Waals surface area (Å²) in [4.78, 5) is 4.32. The smallest absolute Gasteiger partial charge is 0.181 e. The number of rotatable bonds is 4. The average molecular weight is 254 g/mol. The van der Waals surface area contributed by atoms with Gasteiger partial charge in [-0.05, 0) is 25.1 Å². The lowest BCUT2D eigenvalue weighted by molar-refractivity contribution is 0.981. The maximum absolute atomic E-state index is 4.32. The van der Waals surface area contributed by atoms with E-state index in [1.807, 2.05) is 37.3 Å². The Morgan fingerprint density at radius 3 is 2.89 bits per heavy atom. The van der Waals surface area contributed by atoms with E-state index in [1.165, 1.54) is 0 Å². The fourth-order valence-corrected chi connectivity index (χ4v) is 1.82. The van der Waals surface area contributed by atoms with Crippen molar-refractivity contribution in [2.75, 3.05) is 5.32 Å². The topological polar surface area (TPSA) is 82.3 Å². The molecule has 2 heterocycles. The number of aromatic amines is 2. The Hall–Kier alpha value is -2.63. The number of benzene rings is 1. The van der Waals surface area contributed by atoms with Crippen LogP contribution in [0.25, 0.3) is 11.4 Å². The summed E-state index contributed by atoms with van der Waals surface area (Å²) in [5.74, 6) is 1.52. The molecule has 0 amide bonds. The van der Waals surface area contributed by atoms with Gasteiger partial charge >= 0.3 is 0 Å². The van der Waals surface area contributed by atoms with Crippen LogP contribution in [-0.2, 0) is 6.54 Å². The lowest BCUT2D eigenvalue weighted by Crippen LogP contribution is -1.99. The van der Waals surface area contributed by atoms with E-state index in [9.17, 15) is 0 Å². The molecular formula is C13H14N6. The molecule has 0 saturated carbocycles. The molecular weight excluding hydrogens is 240 g/mol. The number of nitrogens with zero attached hydrogens (tertiary/aromatic N) is 3. The van der Waals surface area contributed by atoms with E-state index in [4.69, 9.17) is 0 Å². The van der Waals surface area contributed by atoms with Crippen LogP contribution in [0.3, 0.4) is 0 Å². The molecule has 3 N–H and O–H groups in total. The Bertz CT molecular complexity index is 655. The predicted octanol–water partition coefficient (Wildman–Crippen LogP) is 2.12. The molecule has 0 atom stereocenters. The molecule has 0 bridgehead atoms. The summed E-state index contributed by atoms with van der Waals surface area (Å²) in [7, 11) is 0. The third-order valence-electron chi connectivity index (χ3n) is 2.76. The molecule has 2 aromatic heterocycles. The number of anilines is 1. The Balaban J connectivity index is 1.76. The van der Waals surface area contributed by atoms with Gasteiger partial charge in [-0.3, -0.25) is 10.2 Å². The number of hydrogen-bond acceptors (Lipinski definition) is 4. The number of hydrogen-bond donors (Lipinski definition) is 3. The van der Waals surface area contributed by atoms with Crippen LogP contribution in [0.5, 0.6) is 0 Å². The van der Waals surface area contributed by atoms with Crippen LogP contribution in [-0.4, -0.2) is 25.4 Å².